The second-order valence-corrected chi connectivity index (χ2v) is 6.12. The number of halogens is 3. The first-order valence-corrected chi connectivity index (χ1v) is 6.04. The highest BCUT2D eigenvalue weighted by Gasteiger charge is 2.26. The van der Waals surface area contributed by atoms with Gasteiger partial charge in [-0.3, -0.25) is 4.79 Å². The Labute approximate surface area is 109 Å². The number of alkyl halides is 3. The molecule has 1 amide bonds. The summed E-state index contributed by atoms with van der Waals surface area (Å²) >= 11 is 16.2. The second kappa shape index (κ2) is 5.94. The molecule has 0 aliphatic heterocycles. The number of ether oxygens (including phenoxy) is 1. The van der Waals surface area contributed by atoms with Gasteiger partial charge < -0.3 is 10.1 Å². The summed E-state index contributed by atoms with van der Waals surface area (Å²) in [7, 11) is 0. The number of Topliss-reactive ketones (excluding diaryl/α,β-unsaturated/α-hetero) is 1. The quantitative estimate of drug-likeness (QED) is 0.795. The topological polar surface area (TPSA) is 55.4 Å². The molecular formula is C9H12Cl3NO3. The highest BCUT2D eigenvalue weighted by atomic mass is 35.6. The first-order valence-electron chi connectivity index (χ1n) is 4.91. The van der Waals surface area contributed by atoms with E-state index in [9.17, 15) is 9.59 Å². The smallest absolute Gasteiger partial charge is 0.407 e. The van der Waals surface area contributed by atoms with Gasteiger partial charge in [-0.1, -0.05) is 41.2 Å². The number of hydrogen-bond acceptors (Lipinski definition) is 3. The predicted molar refractivity (Wildman–Crippen MR) is 62.0 cm³/mol. The van der Waals surface area contributed by atoms with Crippen LogP contribution in [0.5, 0.6) is 0 Å². The van der Waals surface area contributed by atoms with Gasteiger partial charge in [-0.05, 0) is 12.8 Å². The Morgan fingerprint density at radius 2 is 2.12 bits per heavy atom. The summed E-state index contributed by atoms with van der Waals surface area (Å²) in [5, 5.41) is 2.45. The molecule has 0 spiro atoms. The summed E-state index contributed by atoms with van der Waals surface area (Å²) in [5.41, 5.74) is 0. The number of hydrogen-bond donors (Lipinski definition) is 1. The van der Waals surface area contributed by atoms with E-state index in [4.69, 9.17) is 34.8 Å². The van der Waals surface area contributed by atoms with Crippen molar-refractivity contribution in [1.82, 2.24) is 5.32 Å². The molecule has 7 heteroatoms. The van der Waals surface area contributed by atoms with Crippen LogP contribution >= 0.6 is 34.8 Å². The minimum Gasteiger partial charge on any atom is -0.445 e. The van der Waals surface area contributed by atoms with Crippen molar-refractivity contribution >= 4 is 46.7 Å². The maximum Gasteiger partial charge on any atom is 0.407 e. The van der Waals surface area contributed by atoms with Gasteiger partial charge >= 0.3 is 6.09 Å². The van der Waals surface area contributed by atoms with E-state index in [2.05, 4.69) is 10.1 Å². The molecule has 0 saturated heterocycles. The number of carbonyl (C=O) groups is 2. The molecule has 1 unspecified atom stereocenters. The molecule has 1 atom stereocenters. The predicted octanol–water partition coefficient (Wildman–Crippen LogP) is 2.59. The van der Waals surface area contributed by atoms with Crippen LogP contribution in [0.3, 0.4) is 0 Å². The van der Waals surface area contributed by atoms with E-state index in [0.29, 0.717) is 12.8 Å². The van der Waals surface area contributed by atoms with Crippen LogP contribution in [0.15, 0.2) is 0 Å². The van der Waals surface area contributed by atoms with Crippen LogP contribution in [0.2, 0.25) is 0 Å². The van der Waals surface area contributed by atoms with Gasteiger partial charge in [0, 0.05) is 6.42 Å². The van der Waals surface area contributed by atoms with Crippen molar-refractivity contribution in [3.05, 3.63) is 0 Å². The summed E-state index contributed by atoms with van der Waals surface area (Å²) in [6.07, 6.45) is 2.20. The van der Waals surface area contributed by atoms with Crippen LogP contribution in [0, 0.1) is 0 Å². The lowest BCUT2D eigenvalue weighted by molar-refractivity contribution is -0.122. The minimum absolute atomic E-state index is 0.0251. The van der Waals surface area contributed by atoms with E-state index in [1.54, 1.807) is 0 Å². The lowest BCUT2D eigenvalue weighted by Crippen LogP contribution is -2.43. The Bertz CT molecular complexity index is 278. The van der Waals surface area contributed by atoms with Gasteiger partial charge in [0.2, 0.25) is 3.79 Å². The normalized spacial score (nSPS) is 21.7. The molecule has 1 fully saturated rings. The van der Waals surface area contributed by atoms with Gasteiger partial charge in [0.25, 0.3) is 0 Å². The van der Waals surface area contributed by atoms with Crippen molar-refractivity contribution < 1.29 is 14.3 Å². The monoisotopic (exact) mass is 287 g/mol. The van der Waals surface area contributed by atoms with Gasteiger partial charge in [0.15, 0.2) is 5.78 Å². The van der Waals surface area contributed by atoms with Gasteiger partial charge in [0.05, 0.1) is 6.04 Å². The Morgan fingerprint density at radius 1 is 1.44 bits per heavy atom. The van der Waals surface area contributed by atoms with Crippen LogP contribution in [0.1, 0.15) is 25.7 Å². The molecule has 0 heterocycles. The molecule has 1 N–H and O–H groups in total. The molecule has 0 aromatic heterocycles. The average Bonchev–Trinajstić information content (AvgIpc) is 2.18. The van der Waals surface area contributed by atoms with Crippen molar-refractivity contribution in [2.75, 3.05) is 6.61 Å². The van der Waals surface area contributed by atoms with E-state index < -0.39 is 15.9 Å². The molecule has 1 aliphatic carbocycles. The molecule has 0 aromatic carbocycles. The van der Waals surface area contributed by atoms with Crippen LogP contribution in [-0.2, 0) is 9.53 Å². The summed E-state index contributed by atoms with van der Waals surface area (Å²) in [5.74, 6) is 0.0251. The standard InChI is InChI=1S/C9H12Cl3NO3/c10-9(11,12)5-16-8(15)13-6-3-1-2-4-7(6)14/h6H,1-5H2,(H,13,15). The van der Waals surface area contributed by atoms with Gasteiger partial charge in [-0.15, -0.1) is 0 Å². The molecular weight excluding hydrogens is 276 g/mol. The van der Waals surface area contributed by atoms with Crippen molar-refractivity contribution in [3.63, 3.8) is 0 Å². The zero-order valence-corrected chi connectivity index (χ0v) is 10.7. The van der Waals surface area contributed by atoms with Crippen molar-refractivity contribution in [2.24, 2.45) is 0 Å². The molecule has 0 radical (unpaired) electrons. The Morgan fingerprint density at radius 3 is 2.69 bits per heavy atom. The minimum atomic E-state index is -1.63. The number of ketones is 1. The Hall–Kier alpha value is -0.190. The van der Waals surface area contributed by atoms with Gasteiger partial charge in [0.1, 0.15) is 6.61 Å². The molecule has 1 rings (SSSR count). The maximum absolute atomic E-state index is 11.4. The molecule has 16 heavy (non-hydrogen) atoms. The number of amides is 1. The first kappa shape index (κ1) is 13.9. The zero-order chi connectivity index (χ0) is 12.2. The fourth-order valence-electron chi connectivity index (χ4n) is 1.47. The largest absolute Gasteiger partial charge is 0.445 e. The number of alkyl carbamates (subject to hydrolysis) is 1. The zero-order valence-electron chi connectivity index (χ0n) is 8.47. The van der Waals surface area contributed by atoms with Crippen LogP contribution in [0.4, 0.5) is 4.79 Å². The highest BCUT2D eigenvalue weighted by Crippen LogP contribution is 2.25. The molecule has 0 bridgehead atoms. The van der Waals surface area contributed by atoms with Crippen molar-refractivity contribution in [2.45, 2.75) is 35.5 Å². The summed E-state index contributed by atoms with van der Waals surface area (Å²) in [6.45, 7) is -0.343. The van der Waals surface area contributed by atoms with Gasteiger partial charge in [-0.25, -0.2) is 4.79 Å². The van der Waals surface area contributed by atoms with E-state index in [1.165, 1.54) is 0 Å². The number of nitrogens with one attached hydrogen (secondary N) is 1. The summed E-state index contributed by atoms with van der Waals surface area (Å²) in [4.78, 5) is 22.6. The lowest BCUT2D eigenvalue weighted by Gasteiger charge is -2.21. The average molecular weight is 289 g/mol. The third-order valence-electron chi connectivity index (χ3n) is 2.21. The molecule has 1 saturated carbocycles. The number of carbonyl (C=O) groups excluding carboxylic acids is 2. The molecule has 1 aliphatic rings. The Kier molecular flexibility index (Phi) is 5.15. The number of rotatable bonds is 2. The molecule has 0 aromatic rings. The first-order chi connectivity index (χ1) is 7.38. The van der Waals surface area contributed by atoms with E-state index >= 15 is 0 Å². The SMILES string of the molecule is O=C(NC1CCCCC1=O)OCC(Cl)(Cl)Cl. The lowest BCUT2D eigenvalue weighted by atomic mass is 9.94. The molecule has 4 nitrogen and oxygen atoms in total. The van der Waals surface area contributed by atoms with Gasteiger partial charge in [-0.2, -0.15) is 0 Å². The fraction of sp³-hybridized carbons (Fsp3) is 0.778. The fourth-order valence-corrected chi connectivity index (χ4v) is 1.63. The van der Waals surface area contributed by atoms with Crippen molar-refractivity contribution in [1.29, 1.82) is 0 Å². The summed E-state index contributed by atoms with van der Waals surface area (Å²) < 4.78 is 3.03. The highest BCUT2D eigenvalue weighted by molar-refractivity contribution is 6.67. The van der Waals surface area contributed by atoms with E-state index in [0.717, 1.165) is 12.8 Å². The van der Waals surface area contributed by atoms with Crippen LogP contribution < -0.4 is 5.32 Å². The third kappa shape index (κ3) is 5.23. The third-order valence-corrected chi connectivity index (χ3v) is 2.54. The van der Waals surface area contributed by atoms with Crippen LogP contribution in [-0.4, -0.2) is 28.3 Å². The van der Waals surface area contributed by atoms with E-state index in [-0.39, 0.29) is 12.4 Å². The molecule has 92 valence electrons. The van der Waals surface area contributed by atoms with Crippen LogP contribution in [0.25, 0.3) is 0 Å². The van der Waals surface area contributed by atoms with Crippen molar-refractivity contribution in [3.8, 4) is 0 Å². The second-order valence-electron chi connectivity index (χ2n) is 3.60. The summed E-state index contributed by atoms with van der Waals surface area (Å²) in [6, 6.07) is -0.461. The van der Waals surface area contributed by atoms with E-state index in [1.807, 2.05) is 0 Å². The Balaban J connectivity index is 2.30. The maximum atomic E-state index is 11.4.